The lowest BCUT2D eigenvalue weighted by molar-refractivity contribution is 0.180. The molecule has 0 bridgehead atoms. The molecule has 0 spiro atoms. The maximum atomic E-state index is 6.33. The van der Waals surface area contributed by atoms with Crippen LogP contribution in [0.25, 0.3) is 0 Å². The SMILES string of the molecule is CCCCCCCCCCCCCCCCCCCC[Si](CCCCCCC)(OCC)OCC. The van der Waals surface area contributed by atoms with Gasteiger partial charge in [-0.1, -0.05) is 162 Å². The van der Waals surface area contributed by atoms with Crippen LogP contribution in [0, 0.1) is 0 Å². The predicted octanol–water partition coefficient (Wildman–Crippen LogP) is 11.5. The van der Waals surface area contributed by atoms with Crippen molar-refractivity contribution in [3.63, 3.8) is 0 Å². The number of rotatable bonds is 29. The van der Waals surface area contributed by atoms with Crippen molar-refractivity contribution in [3.8, 4) is 0 Å². The smallest absolute Gasteiger partial charge is 0.338 e. The van der Waals surface area contributed by atoms with E-state index in [0.29, 0.717) is 0 Å². The lowest BCUT2D eigenvalue weighted by atomic mass is 10.0. The number of hydrogen-bond donors (Lipinski definition) is 0. The van der Waals surface area contributed by atoms with E-state index < -0.39 is 8.56 Å². The zero-order chi connectivity index (χ0) is 25.0. The van der Waals surface area contributed by atoms with E-state index in [2.05, 4.69) is 27.7 Å². The molecule has 0 aromatic rings. The van der Waals surface area contributed by atoms with Gasteiger partial charge in [-0.15, -0.1) is 0 Å². The lowest BCUT2D eigenvalue weighted by Gasteiger charge is -2.30. The summed E-state index contributed by atoms with van der Waals surface area (Å²) >= 11 is 0. The normalized spacial score (nSPS) is 12.0. The molecule has 2 nitrogen and oxygen atoms in total. The summed E-state index contributed by atoms with van der Waals surface area (Å²) in [5.41, 5.74) is 0. The van der Waals surface area contributed by atoms with Crippen molar-refractivity contribution in [1.82, 2.24) is 0 Å². The zero-order valence-electron chi connectivity index (χ0n) is 24.4. The van der Waals surface area contributed by atoms with Crippen molar-refractivity contribution in [2.24, 2.45) is 0 Å². The molecule has 0 aromatic carbocycles. The lowest BCUT2D eigenvalue weighted by Crippen LogP contribution is -2.42. The molecule has 0 unspecified atom stereocenters. The van der Waals surface area contributed by atoms with Crippen LogP contribution in [0.5, 0.6) is 0 Å². The van der Waals surface area contributed by atoms with E-state index in [-0.39, 0.29) is 0 Å². The Bertz CT molecular complexity index is 368. The molecule has 34 heavy (non-hydrogen) atoms. The summed E-state index contributed by atoms with van der Waals surface area (Å²) in [6.07, 6.45) is 32.6. The molecule has 0 fully saturated rings. The number of unbranched alkanes of at least 4 members (excludes halogenated alkanes) is 21. The van der Waals surface area contributed by atoms with Gasteiger partial charge >= 0.3 is 8.56 Å². The van der Waals surface area contributed by atoms with Crippen molar-refractivity contribution >= 4 is 8.56 Å². The van der Waals surface area contributed by atoms with E-state index in [1.54, 1.807) is 0 Å². The second-order valence-electron chi connectivity index (χ2n) is 10.7. The van der Waals surface area contributed by atoms with Crippen LogP contribution in [-0.2, 0) is 8.85 Å². The highest BCUT2D eigenvalue weighted by molar-refractivity contribution is 6.67. The highest BCUT2D eigenvalue weighted by Gasteiger charge is 2.35. The molecule has 0 rings (SSSR count). The van der Waals surface area contributed by atoms with Gasteiger partial charge < -0.3 is 8.85 Å². The predicted molar refractivity (Wildman–Crippen MR) is 156 cm³/mol. The monoisotopic (exact) mass is 498 g/mol. The Morgan fingerprint density at radius 2 is 0.559 bits per heavy atom. The number of hydrogen-bond acceptors (Lipinski definition) is 2. The van der Waals surface area contributed by atoms with Crippen LogP contribution in [-0.4, -0.2) is 21.8 Å². The van der Waals surface area contributed by atoms with Gasteiger partial charge in [-0.05, 0) is 25.9 Å². The molecule has 0 saturated carbocycles. The summed E-state index contributed by atoms with van der Waals surface area (Å²) in [6, 6.07) is 2.42. The average molecular weight is 499 g/mol. The van der Waals surface area contributed by atoms with Crippen LogP contribution in [0.1, 0.15) is 175 Å². The summed E-state index contributed by atoms with van der Waals surface area (Å²) in [4.78, 5) is 0. The van der Waals surface area contributed by atoms with Crippen molar-refractivity contribution in [2.45, 2.75) is 187 Å². The van der Waals surface area contributed by atoms with Crippen LogP contribution in [0.2, 0.25) is 12.1 Å². The first-order chi connectivity index (χ1) is 16.7. The van der Waals surface area contributed by atoms with Crippen LogP contribution in [0.4, 0.5) is 0 Å². The molecular weight excluding hydrogens is 432 g/mol. The third kappa shape index (κ3) is 22.6. The summed E-state index contributed by atoms with van der Waals surface area (Å²) in [5, 5.41) is 0. The van der Waals surface area contributed by atoms with Gasteiger partial charge in [-0.3, -0.25) is 0 Å². The van der Waals surface area contributed by atoms with E-state index in [0.717, 1.165) is 13.2 Å². The van der Waals surface area contributed by atoms with Crippen LogP contribution >= 0.6 is 0 Å². The van der Waals surface area contributed by atoms with Gasteiger partial charge in [0, 0.05) is 13.2 Å². The first-order valence-electron chi connectivity index (χ1n) is 16.0. The van der Waals surface area contributed by atoms with E-state index in [9.17, 15) is 0 Å². The Morgan fingerprint density at radius 3 is 0.794 bits per heavy atom. The summed E-state index contributed by atoms with van der Waals surface area (Å²) < 4.78 is 12.7. The Kier molecular flexibility index (Phi) is 27.8. The van der Waals surface area contributed by atoms with Gasteiger partial charge in [0.05, 0.1) is 0 Å². The molecule has 0 amide bonds. The van der Waals surface area contributed by atoms with Gasteiger partial charge in [0.2, 0.25) is 0 Å². The van der Waals surface area contributed by atoms with Gasteiger partial charge in [0.15, 0.2) is 0 Å². The van der Waals surface area contributed by atoms with Gasteiger partial charge in [0.1, 0.15) is 0 Å². The van der Waals surface area contributed by atoms with Crippen molar-refractivity contribution in [3.05, 3.63) is 0 Å². The molecule has 0 saturated heterocycles. The third-order valence-corrected chi connectivity index (χ3v) is 11.2. The first-order valence-corrected chi connectivity index (χ1v) is 18.3. The fraction of sp³-hybridized carbons (Fsp3) is 1.00. The topological polar surface area (TPSA) is 18.5 Å². The first kappa shape index (κ1) is 34.1. The Morgan fingerprint density at radius 1 is 0.324 bits per heavy atom. The zero-order valence-corrected chi connectivity index (χ0v) is 25.4. The highest BCUT2D eigenvalue weighted by atomic mass is 28.4. The molecule has 0 aromatic heterocycles. The third-order valence-electron chi connectivity index (χ3n) is 7.39. The average Bonchev–Trinajstić information content (AvgIpc) is 2.83. The van der Waals surface area contributed by atoms with Gasteiger partial charge in [0.25, 0.3) is 0 Å². The fourth-order valence-electron chi connectivity index (χ4n) is 5.28. The van der Waals surface area contributed by atoms with Crippen LogP contribution < -0.4 is 0 Å². The standard InChI is InChI=1S/C31H66O2Si/c1-5-9-11-13-14-15-16-17-18-19-20-21-22-23-24-25-27-29-31-34(32-7-3,33-8-4)30-28-26-12-10-6-2/h5-31H2,1-4H3. The molecule has 0 aliphatic carbocycles. The molecule has 0 aliphatic rings. The quantitative estimate of drug-likeness (QED) is 0.0753. The van der Waals surface area contributed by atoms with Crippen molar-refractivity contribution < 1.29 is 8.85 Å². The second kappa shape index (κ2) is 27.7. The molecule has 0 heterocycles. The maximum absolute atomic E-state index is 6.33. The Balaban J connectivity index is 3.62. The molecule has 0 radical (unpaired) electrons. The van der Waals surface area contributed by atoms with E-state index >= 15 is 0 Å². The van der Waals surface area contributed by atoms with Gasteiger partial charge in [-0.25, -0.2) is 0 Å². The van der Waals surface area contributed by atoms with E-state index in [4.69, 9.17) is 8.85 Å². The molecule has 0 aliphatic heterocycles. The minimum Gasteiger partial charge on any atom is -0.394 e. The largest absolute Gasteiger partial charge is 0.394 e. The summed E-state index contributed by atoms with van der Waals surface area (Å²) in [5.74, 6) is 0. The van der Waals surface area contributed by atoms with Gasteiger partial charge in [-0.2, -0.15) is 0 Å². The highest BCUT2D eigenvalue weighted by Crippen LogP contribution is 2.26. The minimum absolute atomic E-state index is 0.820. The van der Waals surface area contributed by atoms with E-state index in [1.807, 2.05) is 0 Å². The van der Waals surface area contributed by atoms with E-state index in [1.165, 1.54) is 160 Å². The van der Waals surface area contributed by atoms with Crippen LogP contribution in [0.15, 0.2) is 0 Å². The van der Waals surface area contributed by atoms with Crippen molar-refractivity contribution in [2.75, 3.05) is 13.2 Å². The molecular formula is C31H66O2Si. The second-order valence-corrected chi connectivity index (χ2v) is 14.1. The van der Waals surface area contributed by atoms with Crippen LogP contribution in [0.3, 0.4) is 0 Å². The molecule has 0 N–H and O–H groups in total. The summed E-state index contributed by atoms with van der Waals surface area (Å²) in [7, 11) is -1.97. The molecule has 206 valence electrons. The minimum atomic E-state index is -1.97. The molecule has 3 heteroatoms. The fourth-order valence-corrected chi connectivity index (χ4v) is 8.82. The Labute approximate surface area is 218 Å². The molecule has 0 atom stereocenters. The maximum Gasteiger partial charge on any atom is 0.338 e. The Hall–Kier alpha value is 0.137. The summed E-state index contributed by atoms with van der Waals surface area (Å²) in [6.45, 7) is 10.5. The van der Waals surface area contributed by atoms with Crippen molar-refractivity contribution in [1.29, 1.82) is 0 Å².